The van der Waals surface area contributed by atoms with E-state index in [1.54, 1.807) is 12.1 Å². The zero-order valence-electron chi connectivity index (χ0n) is 13.7. The van der Waals surface area contributed by atoms with Gasteiger partial charge in [-0.05, 0) is 64.4 Å². The fourth-order valence-electron chi connectivity index (χ4n) is 3.61. The highest BCUT2D eigenvalue weighted by atomic mass is 19.1. The molecule has 2 rings (SSSR count). The van der Waals surface area contributed by atoms with Crippen molar-refractivity contribution in [3.05, 3.63) is 35.6 Å². The molecule has 1 aromatic carbocycles. The maximum absolute atomic E-state index is 14.0. The highest BCUT2D eigenvalue weighted by molar-refractivity contribution is 5.20. The molecule has 0 bridgehead atoms. The summed E-state index contributed by atoms with van der Waals surface area (Å²) in [5, 5.41) is 3.46. The van der Waals surface area contributed by atoms with Crippen LogP contribution >= 0.6 is 0 Å². The van der Waals surface area contributed by atoms with Crippen molar-refractivity contribution in [1.82, 2.24) is 10.2 Å². The molecule has 0 radical (unpaired) electrons. The number of benzene rings is 1. The van der Waals surface area contributed by atoms with E-state index in [-0.39, 0.29) is 17.4 Å². The van der Waals surface area contributed by atoms with Crippen LogP contribution in [0.1, 0.15) is 45.1 Å². The van der Waals surface area contributed by atoms with Crippen LogP contribution in [-0.4, -0.2) is 36.6 Å². The van der Waals surface area contributed by atoms with E-state index in [1.165, 1.54) is 32.4 Å². The summed E-state index contributed by atoms with van der Waals surface area (Å²) in [6, 6.07) is 7.42. The van der Waals surface area contributed by atoms with E-state index in [9.17, 15) is 4.39 Å². The summed E-state index contributed by atoms with van der Waals surface area (Å²) < 4.78 is 14.0. The number of likely N-dealkylation sites (N-methyl/N-ethyl adjacent to an activating group) is 1. The third kappa shape index (κ3) is 3.64. The van der Waals surface area contributed by atoms with Gasteiger partial charge in [0, 0.05) is 11.6 Å². The van der Waals surface area contributed by atoms with Gasteiger partial charge in [-0.25, -0.2) is 4.39 Å². The number of nitrogens with zero attached hydrogens (tertiary/aromatic N) is 1. The molecule has 2 nitrogen and oxygen atoms in total. The Balaban J connectivity index is 2.18. The molecule has 0 saturated carbocycles. The SMILES string of the molecule is CCC(C)(C(Cc1ccccc1F)NC)N1CCCCC1. The van der Waals surface area contributed by atoms with Crippen molar-refractivity contribution in [2.75, 3.05) is 20.1 Å². The lowest BCUT2D eigenvalue weighted by atomic mass is 9.82. The predicted octanol–water partition coefficient (Wildman–Crippen LogP) is 3.61. The molecule has 2 atom stereocenters. The number of piperidine rings is 1. The molecule has 0 amide bonds. The number of rotatable bonds is 6. The van der Waals surface area contributed by atoms with E-state index in [2.05, 4.69) is 24.1 Å². The molecule has 1 aromatic rings. The average molecular weight is 292 g/mol. The first-order chi connectivity index (χ1) is 10.1. The first-order valence-corrected chi connectivity index (χ1v) is 8.27. The molecule has 21 heavy (non-hydrogen) atoms. The fourth-order valence-corrected chi connectivity index (χ4v) is 3.61. The van der Waals surface area contributed by atoms with Crippen LogP contribution in [-0.2, 0) is 6.42 Å². The molecule has 1 fully saturated rings. The molecule has 1 saturated heterocycles. The van der Waals surface area contributed by atoms with Crippen LogP contribution < -0.4 is 5.32 Å². The maximum atomic E-state index is 14.0. The Morgan fingerprint density at radius 1 is 1.24 bits per heavy atom. The second kappa shape index (κ2) is 7.37. The van der Waals surface area contributed by atoms with Crippen molar-refractivity contribution in [2.24, 2.45) is 0 Å². The molecule has 0 aromatic heterocycles. The molecule has 3 heteroatoms. The Kier molecular flexibility index (Phi) is 5.77. The molecule has 1 N–H and O–H groups in total. The molecule has 0 spiro atoms. The van der Waals surface area contributed by atoms with E-state index in [0.717, 1.165) is 18.4 Å². The van der Waals surface area contributed by atoms with Crippen LogP contribution in [0.3, 0.4) is 0 Å². The Labute approximate surface area is 128 Å². The van der Waals surface area contributed by atoms with Crippen molar-refractivity contribution >= 4 is 0 Å². The largest absolute Gasteiger partial charge is 0.315 e. The summed E-state index contributed by atoms with van der Waals surface area (Å²) in [5.74, 6) is -0.0881. The van der Waals surface area contributed by atoms with E-state index < -0.39 is 0 Å². The van der Waals surface area contributed by atoms with Gasteiger partial charge >= 0.3 is 0 Å². The van der Waals surface area contributed by atoms with Gasteiger partial charge in [-0.1, -0.05) is 31.5 Å². The monoisotopic (exact) mass is 292 g/mol. The van der Waals surface area contributed by atoms with Gasteiger partial charge in [0.1, 0.15) is 5.82 Å². The van der Waals surface area contributed by atoms with Crippen molar-refractivity contribution in [3.63, 3.8) is 0 Å². The highest BCUT2D eigenvalue weighted by Gasteiger charge is 2.38. The number of likely N-dealkylation sites (tertiary alicyclic amines) is 1. The van der Waals surface area contributed by atoms with Crippen molar-refractivity contribution in [3.8, 4) is 0 Å². The summed E-state index contributed by atoms with van der Waals surface area (Å²) >= 11 is 0. The normalized spacial score (nSPS) is 21.0. The van der Waals surface area contributed by atoms with Gasteiger partial charge in [-0.2, -0.15) is 0 Å². The van der Waals surface area contributed by atoms with Crippen LogP contribution in [0.15, 0.2) is 24.3 Å². The minimum absolute atomic E-state index is 0.0808. The molecular formula is C18H29FN2. The molecular weight excluding hydrogens is 263 g/mol. The Morgan fingerprint density at radius 2 is 1.90 bits per heavy atom. The minimum Gasteiger partial charge on any atom is -0.315 e. The number of hydrogen-bond donors (Lipinski definition) is 1. The fraction of sp³-hybridized carbons (Fsp3) is 0.667. The van der Waals surface area contributed by atoms with Crippen molar-refractivity contribution in [1.29, 1.82) is 0 Å². The van der Waals surface area contributed by atoms with Crippen LogP contribution in [0.2, 0.25) is 0 Å². The van der Waals surface area contributed by atoms with Crippen LogP contribution in [0.25, 0.3) is 0 Å². The number of nitrogens with one attached hydrogen (secondary N) is 1. The topological polar surface area (TPSA) is 15.3 Å². The second-order valence-electron chi connectivity index (χ2n) is 6.40. The quantitative estimate of drug-likeness (QED) is 0.861. The third-order valence-electron chi connectivity index (χ3n) is 5.28. The van der Waals surface area contributed by atoms with Crippen molar-refractivity contribution < 1.29 is 4.39 Å². The predicted molar refractivity (Wildman–Crippen MR) is 87.1 cm³/mol. The second-order valence-corrected chi connectivity index (χ2v) is 6.40. The summed E-state index contributed by atoms with van der Waals surface area (Å²) in [7, 11) is 2.00. The number of hydrogen-bond acceptors (Lipinski definition) is 2. The van der Waals surface area contributed by atoms with Gasteiger partial charge in [0.2, 0.25) is 0 Å². The number of halogens is 1. The van der Waals surface area contributed by atoms with Crippen LogP contribution in [0.5, 0.6) is 0 Å². The third-order valence-corrected chi connectivity index (χ3v) is 5.28. The van der Waals surface area contributed by atoms with Gasteiger partial charge in [-0.15, -0.1) is 0 Å². The zero-order valence-corrected chi connectivity index (χ0v) is 13.7. The Morgan fingerprint density at radius 3 is 2.48 bits per heavy atom. The maximum Gasteiger partial charge on any atom is 0.126 e. The van der Waals surface area contributed by atoms with Gasteiger partial charge in [0.15, 0.2) is 0 Å². The summed E-state index contributed by atoms with van der Waals surface area (Å²) in [6.45, 7) is 6.92. The Hall–Kier alpha value is -0.930. The van der Waals surface area contributed by atoms with Crippen LogP contribution in [0, 0.1) is 5.82 Å². The van der Waals surface area contributed by atoms with Gasteiger partial charge in [0.05, 0.1) is 0 Å². The molecule has 1 aliphatic heterocycles. The van der Waals surface area contributed by atoms with Crippen molar-refractivity contribution in [2.45, 2.75) is 57.5 Å². The van der Waals surface area contributed by atoms with Crippen LogP contribution in [0.4, 0.5) is 4.39 Å². The lowest BCUT2D eigenvalue weighted by molar-refractivity contribution is 0.0450. The molecule has 0 aliphatic carbocycles. The molecule has 1 heterocycles. The standard InChI is InChI=1S/C18H29FN2/c1-4-18(2,21-12-8-5-9-13-21)17(20-3)14-15-10-6-7-11-16(15)19/h6-7,10-11,17,20H,4-5,8-9,12-14H2,1-3H3. The molecule has 2 unspecified atom stereocenters. The highest BCUT2D eigenvalue weighted by Crippen LogP contribution is 2.29. The zero-order chi connectivity index (χ0) is 15.3. The van der Waals surface area contributed by atoms with E-state index in [0.29, 0.717) is 0 Å². The van der Waals surface area contributed by atoms with E-state index in [1.807, 2.05) is 19.2 Å². The Bertz CT molecular complexity index is 443. The first-order valence-electron chi connectivity index (χ1n) is 8.27. The lowest BCUT2D eigenvalue weighted by Crippen LogP contribution is -2.60. The summed E-state index contributed by atoms with van der Waals surface area (Å²) in [5.41, 5.74) is 0.894. The average Bonchev–Trinajstić information content (AvgIpc) is 2.54. The minimum atomic E-state index is -0.0881. The first kappa shape index (κ1) is 16.4. The van der Waals surface area contributed by atoms with E-state index >= 15 is 0 Å². The molecule has 118 valence electrons. The lowest BCUT2D eigenvalue weighted by Gasteiger charge is -2.48. The smallest absolute Gasteiger partial charge is 0.126 e. The van der Waals surface area contributed by atoms with Gasteiger partial charge in [0.25, 0.3) is 0 Å². The van der Waals surface area contributed by atoms with Gasteiger partial charge in [-0.3, -0.25) is 4.90 Å². The van der Waals surface area contributed by atoms with E-state index in [4.69, 9.17) is 0 Å². The molecule has 1 aliphatic rings. The summed E-state index contributed by atoms with van der Waals surface area (Å²) in [4.78, 5) is 2.61. The summed E-state index contributed by atoms with van der Waals surface area (Å²) in [6.07, 6.45) is 5.72. The van der Waals surface area contributed by atoms with Gasteiger partial charge < -0.3 is 5.32 Å².